The number of nitrogens with zero attached hydrogens (tertiary/aromatic N) is 1. The highest BCUT2D eigenvalue weighted by atomic mass is 35.5. The lowest BCUT2D eigenvalue weighted by molar-refractivity contribution is 0.0846. The molecule has 132 valence electrons. The number of phenolic OH excluding ortho intramolecular Hbond substituents is 1. The first-order chi connectivity index (χ1) is 12.3. The van der Waals surface area contributed by atoms with Crippen molar-refractivity contribution in [2.24, 2.45) is 0 Å². The number of hydrazine groups is 1. The Morgan fingerprint density at radius 2 is 1.73 bits per heavy atom. The smallest absolute Gasteiger partial charge is 0.273 e. The number of pyridine rings is 1. The topological polar surface area (TPSA) is 91.3 Å². The van der Waals surface area contributed by atoms with E-state index in [-0.39, 0.29) is 21.9 Å². The van der Waals surface area contributed by atoms with Gasteiger partial charge >= 0.3 is 0 Å². The average molecular weight is 374 g/mol. The highest BCUT2D eigenvalue weighted by molar-refractivity contribution is 6.31. The third-order valence-corrected chi connectivity index (χ3v) is 3.87. The van der Waals surface area contributed by atoms with E-state index in [4.69, 9.17) is 11.6 Å². The fourth-order valence-electron chi connectivity index (χ4n) is 2.46. The summed E-state index contributed by atoms with van der Waals surface area (Å²) in [6, 6.07) is 9.38. The molecule has 0 saturated carbocycles. The highest BCUT2D eigenvalue weighted by Gasteiger charge is 2.16. The van der Waals surface area contributed by atoms with Crippen LogP contribution in [-0.2, 0) is 0 Å². The second-order valence-corrected chi connectivity index (χ2v) is 5.98. The van der Waals surface area contributed by atoms with Crippen molar-refractivity contribution in [1.82, 2.24) is 15.8 Å². The van der Waals surface area contributed by atoms with Gasteiger partial charge < -0.3 is 5.11 Å². The van der Waals surface area contributed by atoms with Crippen LogP contribution < -0.4 is 10.9 Å². The van der Waals surface area contributed by atoms with E-state index in [0.29, 0.717) is 16.6 Å². The zero-order valence-corrected chi connectivity index (χ0v) is 14.3. The van der Waals surface area contributed by atoms with Crippen molar-refractivity contribution in [1.29, 1.82) is 0 Å². The number of hydrogen-bond acceptors (Lipinski definition) is 4. The Labute approximate surface area is 152 Å². The minimum atomic E-state index is -0.737. The van der Waals surface area contributed by atoms with Crippen LogP contribution in [0.15, 0.2) is 42.5 Å². The van der Waals surface area contributed by atoms with Gasteiger partial charge in [0.25, 0.3) is 11.8 Å². The standard InChI is InChI=1S/C18H13ClFN3O3/c1-9-6-13(12-4-3-11(20)8-15(12)21-9)17(25)22-23-18(26)14-7-10(19)2-5-16(14)24/h2-8,24H,1H3,(H,22,25)(H,23,26). The monoisotopic (exact) mass is 373 g/mol. The van der Waals surface area contributed by atoms with E-state index in [2.05, 4.69) is 15.8 Å². The van der Waals surface area contributed by atoms with Gasteiger partial charge in [-0.1, -0.05) is 11.6 Å². The fraction of sp³-hybridized carbons (Fsp3) is 0.0556. The summed E-state index contributed by atoms with van der Waals surface area (Å²) in [7, 11) is 0. The first kappa shape index (κ1) is 17.6. The van der Waals surface area contributed by atoms with E-state index in [9.17, 15) is 19.1 Å². The predicted octanol–water partition coefficient (Wildman–Crippen LogP) is 3.12. The summed E-state index contributed by atoms with van der Waals surface area (Å²) in [4.78, 5) is 28.8. The Kier molecular flexibility index (Phi) is 4.73. The van der Waals surface area contributed by atoms with Gasteiger partial charge in [-0.15, -0.1) is 0 Å². The molecule has 0 radical (unpaired) electrons. The number of benzene rings is 2. The molecule has 3 aromatic rings. The number of hydrogen-bond donors (Lipinski definition) is 3. The summed E-state index contributed by atoms with van der Waals surface area (Å²) in [5.41, 5.74) is 5.46. The van der Waals surface area contributed by atoms with Crippen molar-refractivity contribution in [2.45, 2.75) is 6.92 Å². The molecule has 3 N–H and O–H groups in total. The van der Waals surface area contributed by atoms with Crippen LogP contribution in [0.25, 0.3) is 10.9 Å². The normalized spacial score (nSPS) is 10.6. The predicted molar refractivity (Wildman–Crippen MR) is 94.5 cm³/mol. The molecule has 0 atom stereocenters. The molecule has 0 aliphatic heterocycles. The van der Waals surface area contributed by atoms with Crippen LogP contribution in [0.3, 0.4) is 0 Å². The van der Waals surface area contributed by atoms with Crippen molar-refractivity contribution in [3.8, 4) is 5.75 Å². The Hall–Kier alpha value is -3.19. The van der Waals surface area contributed by atoms with Crippen LogP contribution >= 0.6 is 11.6 Å². The van der Waals surface area contributed by atoms with Gasteiger partial charge in [-0.25, -0.2) is 4.39 Å². The minimum absolute atomic E-state index is 0.0874. The van der Waals surface area contributed by atoms with Gasteiger partial charge in [0.15, 0.2) is 0 Å². The lowest BCUT2D eigenvalue weighted by Gasteiger charge is -2.11. The molecule has 0 spiro atoms. The molecule has 0 aliphatic rings. The number of aryl methyl sites for hydroxylation is 1. The number of nitrogens with one attached hydrogen (secondary N) is 2. The third kappa shape index (κ3) is 3.57. The zero-order valence-electron chi connectivity index (χ0n) is 13.5. The van der Waals surface area contributed by atoms with Crippen LogP contribution in [0, 0.1) is 12.7 Å². The summed E-state index contributed by atoms with van der Waals surface area (Å²) in [5, 5.41) is 10.4. The highest BCUT2D eigenvalue weighted by Crippen LogP contribution is 2.21. The zero-order chi connectivity index (χ0) is 18.8. The summed E-state index contributed by atoms with van der Waals surface area (Å²) >= 11 is 5.80. The number of rotatable bonds is 2. The van der Waals surface area contributed by atoms with Crippen molar-refractivity contribution < 1.29 is 19.1 Å². The van der Waals surface area contributed by atoms with Crippen LogP contribution in [-0.4, -0.2) is 21.9 Å². The molecular formula is C18H13ClFN3O3. The van der Waals surface area contributed by atoms with Crippen molar-refractivity contribution in [3.63, 3.8) is 0 Å². The van der Waals surface area contributed by atoms with Crippen LogP contribution in [0.5, 0.6) is 5.75 Å². The number of aromatic hydroxyl groups is 1. The van der Waals surface area contributed by atoms with Gasteiger partial charge in [-0.3, -0.25) is 25.4 Å². The Morgan fingerprint density at radius 3 is 2.46 bits per heavy atom. The van der Waals surface area contributed by atoms with Gasteiger partial charge in [0.1, 0.15) is 11.6 Å². The molecule has 1 aromatic heterocycles. The molecular weight excluding hydrogens is 361 g/mol. The molecule has 6 nitrogen and oxygen atoms in total. The molecule has 0 saturated heterocycles. The van der Waals surface area contributed by atoms with E-state index < -0.39 is 17.6 Å². The van der Waals surface area contributed by atoms with Crippen molar-refractivity contribution >= 4 is 34.3 Å². The molecule has 8 heteroatoms. The molecule has 0 bridgehead atoms. The summed E-state index contributed by atoms with van der Waals surface area (Å²) in [6.07, 6.45) is 0. The number of fused-ring (bicyclic) bond motifs is 1. The first-order valence-electron chi connectivity index (χ1n) is 7.51. The van der Waals surface area contributed by atoms with Gasteiger partial charge in [0, 0.05) is 22.2 Å². The largest absolute Gasteiger partial charge is 0.507 e. The van der Waals surface area contributed by atoms with E-state index in [0.717, 1.165) is 0 Å². The molecule has 2 amide bonds. The maximum Gasteiger partial charge on any atom is 0.273 e. The Morgan fingerprint density at radius 1 is 1.04 bits per heavy atom. The number of carbonyl (C=O) groups excluding carboxylic acids is 2. The minimum Gasteiger partial charge on any atom is -0.507 e. The molecule has 0 aliphatic carbocycles. The number of carbonyl (C=O) groups is 2. The number of phenols is 1. The molecule has 2 aromatic carbocycles. The number of amides is 2. The quantitative estimate of drug-likeness (QED) is 0.602. The fourth-order valence-corrected chi connectivity index (χ4v) is 2.63. The molecule has 0 unspecified atom stereocenters. The average Bonchev–Trinajstić information content (AvgIpc) is 2.60. The van der Waals surface area contributed by atoms with E-state index in [1.54, 1.807) is 6.92 Å². The number of aromatic nitrogens is 1. The Balaban J connectivity index is 1.83. The van der Waals surface area contributed by atoms with E-state index in [1.165, 1.54) is 42.5 Å². The van der Waals surface area contributed by atoms with E-state index in [1.807, 2.05) is 0 Å². The third-order valence-electron chi connectivity index (χ3n) is 3.64. The molecule has 26 heavy (non-hydrogen) atoms. The summed E-state index contributed by atoms with van der Waals surface area (Å²) < 4.78 is 13.4. The number of halogens is 2. The van der Waals surface area contributed by atoms with Crippen LogP contribution in [0.1, 0.15) is 26.4 Å². The van der Waals surface area contributed by atoms with Crippen LogP contribution in [0.4, 0.5) is 4.39 Å². The second kappa shape index (κ2) is 6.97. The molecule has 1 heterocycles. The van der Waals surface area contributed by atoms with E-state index >= 15 is 0 Å². The molecule has 3 rings (SSSR count). The molecule has 0 fully saturated rings. The van der Waals surface area contributed by atoms with Gasteiger partial charge in [-0.05, 0) is 43.3 Å². The summed E-state index contributed by atoms with van der Waals surface area (Å²) in [5.74, 6) is -2.09. The first-order valence-corrected chi connectivity index (χ1v) is 7.89. The maximum absolute atomic E-state index is 13.4. The van der Waals surface area contributed by atoms with Gasteiger partial charge in [0.05, 0.1) is 16.6 Å². The SMILES string of the molecule is Cc1cc(C(=O)NNC(=O)c2cc(Cl)ccc2O)c2ccc(F)cc2n1. The lowest BCUT2D eigenvalue weighted by atomic mass is 10.1. The van der Waals surface area contributed by atoms with Crippen LogP contribution in [0.2, 0.25) is 5.02 Å². The van der Waals surface area contributed by atoms with Crippen molar-refractivity contribution in [2.75, 3.05) is 0 Å². The Bertz CT molecular complexity index is 1030. The summed E-state index contributed by atoms with van der Waals surface area (Å²) in [6.45, 7) is 1.67. The maximum atomic E-state index is 13.4. The lowest BCUT2D eigenvalue weighted by Crippen LogP contribution is -2.41. The second-order valence-electron chi connectivity index (χ2n) is 5.54. The van der Waals surface area contributed by atoms with Gasteiger partial charge in [0.2, 0.25) is 0 Å². The van der Waals surface area contributed by atoms with Gasteiger partial charge in [-0.2, -0.15) is 0 Å². The van der Waals surface area contributed by atoms with Crippen molar-refractivity contribution in [3.05, 3.63) is 70.1 Å².